The summed E-state index contributed by atoms with van der Waals surface area (Å²) in [5, 5.41) is 9.25. The molecule has 2 nitrogen and oxygen atoms in total. The molecule has 1 aliphatic rings. The van der Waals surface area contributed by atoms with Crippen LogP contribution in [0.5, 0.6) is 0 Å². The van der Waals surface area contributed by atoms with Crippen molar-refractivity contribution in [3.63, 3.8) is 0 Å². The lowest BCUT2D eigenvalue weighted by molar-refractivity contribution is -0.0568. The molecule has 0 radical (unpaired) electrons. The maximum absolute atomic E-state index is 9.25. The molecule has 13 heavy (non-hydrogen) atoms. The van der Waals surface area contributed by atoms with Gasteiger partial charge in [-0.1, -0.05) is 30.3 Å². The lowest BCUT2D eigenvalue weighted by Gasteiger charge is -2.26. The van der Waals surface area contributed by atoms with Gasteiger partial charge in [0.1, 0.15) is 0 Å². The Bertz CT molecular complexity index is 250. The predicted molar refractivity (Wildman–Crippen MR) is 50.4 cm³/mol. The number of benzene rings is 1. The van der Waals surface area contributed by atoms with E-state index >= 15 is 0 Å². The van der Waals surface area contributed by atoms with Crippen LogP contribution in [0.4, 0.5) is 0 Å². The van der Waals surface area contributed by atoms with Crippen LogP contribution in [-0.4, -0.2) is 17.8 Å². The Kier molecular flexibility index (Phi) is 2.62. The maximum Gasteiger partial charge on any atom is 0.0827 e. The summed E-state index contributed by atoms with van der Waals surface area (Å²) in [6.45, 7) is 0.472. The molecule has 0 bridgehead atoms. The van der Waals surface area contributed by atoms with E-state index in [1.807, 2.05) is 18.2 Å². The number of rotatable bonds is 1. The first-order chi connectivity index (χ1) is 6.36. The van der Waals surface area contributed by atoms with Gasteiger partial charge in [0, 0.05) is 0 Å². The van der Waals surface area contributed by atoms with Crippen LogP contribution < -0.4 is 0 Å². The molecule has 1 aromatic rings. The van der Waals surface area contributed by atoms with E-state index in [0.29, 0.717) is 6.61 Å². The summed E-state index contributed by atoms with van der Waals surface area (Å²) < 4.78 is 5.53. The van der Waals surface area contributed by atoms with Crippen molar-refractivity contribution in [3.8, 4) is 0 Å². The summed E-state index contributed by atoms with van der Waals surface area (Å²) in [6.07, 6.45) is 1.69. The molecule has 0 saturated carbocycles. The van der Waals surface area contributed by atoms with E-state index in [1.54, 1.807) is 0 Å². The average Bonchev–Trinajstić information content (AvgIpc) is 2.20. The molecular weight excluding hydrogens is 164 g/mol. The first-order valence-corrected chi connectivity index (χ1v) is 4.71. The Labute approximate surface area is 78.2 Å². The Morgan fingerprint density at radius 3 is 2.54 bits per heavy atom. The average molecular weight is 178 g/mol. The number of ether oxygens (including phenoxy) is 1. The van der Waals surface area contributed by atoms with Crippen LogP contribution in [0, 0.1) is 0 Å². The van der Waals surface area contributed by atoms with Gasteiger partial charge in [0.25, 0.3) is 0 Å². The smallest absolute Gasteiger partial charge is 0.0827 e. The standard InChI is InChI=1S/C11H14O2/c12-10-6-7-11(13-8-10)9-4-2-1-3-5-9/h1-5,10-12H,6-8H2. The summed E-state index contributed by atoms with van der Waals surface area (Å²) >= 11 is 0. The summed E-state index contributed by atoms with van der Waals surface area (Å²) in [7, 11) is 0. The lowest BCUT2D eigenvalue weighted by Crippen LogP contribution is -2.24. The van der Waals surface area contributed by atoms with Crippen molar-refractivity contribution in [1.82, 2.24) is 0 Å². The van der Waals surface area contributed by atoms with Gasteiger partial charge < -0.3 is 9.84 Å². The third-order valence-corrected chi connectivity index (χ3v) is 2.42. The van der Waals surface area contributed by atoms with Gasteiger partial charge >= 0.3 is 0 Å². The molecule has 1 fully saturated rings. The molecule has 1 N–H and O–H groups in total. The summed E-state index contributed by atoms with van der Waals surface area (Å²) in [5.74, 6) is 0. The normalized spacial score (nSPS) is 28.7. The highest BCUT2D eigenvalue weighted by Crippen LogP contribution is 2.27. The van der Waals surface area contributed by atoms with Crippen molar-refractivity contribution in [3.05, 3.63) is 35.9 Å². The number of hydrogen-bond acceptors (Lipinski definition) is 2. The maximum atomic E-state index is 9.25. The van der Waals surface area contributed by atoms with E-state index < -0.39 is 0 Å². The lowest BCUT2D eigenvalue weighted by atomic mass is 10.0. The van der Waals surface area contributed by atoms with E-state index in [9.17, 15) is 5.11 Å². The number of aliphatic hydroxyl groups is 1. The second kappa shape index (κ2) is 3.90. The van der Waals surface area contributed by atoms with Gasteiger partial charge in [-0.3, -0.25) is 0 Å². The second-order valence-electron chi connectivity index (χ2n) is 3.46. The van der Waals surface area contributed by atoms with Crippen LogP contribution in [-0.2, 0) is 4.74 Å². The van der Waals surface area contributed by atoms with Gasteiger partial charge in [-0.05, 0) is 18.4 Å². The van der Waals surface area contributed by atoms with Gasteiger partial charge in [-0.2, -0.15) is 0 Å². The SMILES string of the molecule is OC1CCC(c2ccccc2)OC1. The second-order valence-corrected chi connectivity index (χ2v) is 3.46. The quantitative estimate of drug-likeness (QED) is 0.711. The number of hydrogen-bond donors (Lipinski definition) is 1. The molecular formula is C11H14O2. The van der Waals surface area contributed by atoms with Crippen LogP contribution in [0.3, 0.4) is 0 Å². The van der Waals surface area contributed by atoms with Crippen LogP contribution in [0.25, 0.3) is 0 Å². The zero-order chi connectivity index (χ0) is 9.10. The number of aliphatic hydroxyl groups excluding tert-OH is 1. The zero-order valence-corrected chi connectivity index (χ0v) is 7.52. The molecule has 1 heterocycles. The molecule has 0 aromatic heterocycles. The fraction of sp³-hybridized carbons (Fsp3) is 0.455. The molecule has 2 heteroatoms. The van der Waals surface area contributed by atoms with E-state index in [0.717, 1.165) is 12.8 Å². The third kappa shape index (κ3) is 2.08. The molecule has 2 atom stereocenters. The van der Waals surface area contributed by atoms with Crippen LogP contribution in [0.1, 0.15) is 24.5 Å². The monoisotopic (exact) mass is 178 g/mol. The van der Waals surface area contributed by atoms with Crippen molar-refractivity contribution >= 4 is 0 Å². The highest BCUT2D eigenvalue weighted by Gasteiger charge is 2.20. The Balaban J connectivity index is 2.03. The van der Waals surface area contributed by atoms with Crippen molar-refractivity contribution in [2.24, 2.45) is 0 Å². The molecule has 1 aliphatic heterocycles. The first-order valence-electron chi connectivity index (χ1n) is 4.71. The minimum atomic E-state index is -0.264. The van der Waals surface area contributed by atoms with Crippen LogP contribution in [0.15, 0.2) is 30.3 Å². The van der Waals surface area contributed by atoms with Gasteiger partial charge in [-0.25, -0.2) is 0 Å². The fourth-order valence-electron chi connectivity index (χ4n) is 1.67. The van der Waals surface area contributed by atoms with E-state index in [4.69, 9.17) is 4.74 Å². The van der Waals surface area contributed by atoms with Crippen molar-refractivity contribution in [1.29, 1.82) is 0 Å². The van der Waals surface area contributed by atoms with E-state index in [2.05, 4.69) is 12.1 Å². The topological polar surface area (TPSA) is 29.5 Å². The minimum absolute atomic E-state index is 0.185. The van der Waals surface area contributed by atoms with Gasteiger partial charge in [0.2, 0.25) is 0 Å². The molecule has 0 aliphatic carbocycles. The van der Waals surface area contributed by atoms with Crippen LogP contribution in [0.2, 0.25) is 0 Å². The van der Waals surface area contributed by atoms with Crippen molar-refractivity contribution in [2.75, 3.05) is 6.61 Å². The van der Waals surface area contributed by atoms with Crippen LogP contribution >= 0.6 is 0 Å². The summed E-state index contributed by atoms with van der Waals surface area (Å²) in [5.41, 5.74) is 1.22. The van der Waals surface area contributed by atoms with Gasteiger partial charge in [0.05, 0.1) is 18.8 Å². The van der Waals surface area contributed by atoms with Gasteiger partial charge in [0.15, 0.2) is 0 Å². The molecule has 1 saturated heterocycles. The molecule has 0 spiro atoms. The summed E-state index contributed by atoms with van der Waals surface area (Å²) in [4.78, 5) is 0. The van der Waals surface area contributed by atoms with Crippen molar-refractivity contribution < 1.29 is 9.84 Å². The molecule has 0 amide bonds. The Hall–Kier alpha value is -0.860. The first kappa shape index (κ1) is 8.73. The van der Waals surface area contributed by atoms with E-state index in [-0.39, 0.29) is 12.2 Å². The zero-order valence-electron chi connectivity index (χ0n) is 7.52. The van der Waals surface area contributed by atoms with Crippen molar-refractivity contribution in [2.45, 2.75) is 25.0 Å². The van der Waals surface area contributed by atoms with E-state index in [1.165, 1.54) is 5.56 Å². The minimum Gasteiger partial charge on any atom is -0.391 e. The molecule has 2 rings (SSSR count). The molecule has 1 aromatic carbocycles. The highest BCUT2D eigenvalue weighted by molar-refractivity contribution is 5.17. The Morgan fingerprint density at radius 1 is 1.15 bits per heavy atom. The summed E-state index contributed by atoms with van der Waals surface area (Å²) in [6, 6.07) is 10.2. The predicted octanol–water partition coefficient (Wildman–Crippen LogP) is 1.90. The third-order valence-electron chi connectivity index (χ3n) is 2.42. The fourth-order valence-corrected chi connectivity index (χ4v) is 1.67. The molecule has 2 unspecified atom stereocenters. The highest BCUT2D eigenvalue weighted by atomic mass is 16.5. The van der Waals surface area contributed by atoms with Gasteiger partial charge in [-0.15, -0.1) is 0 Å². The largest absolute Gasteiger partial charge is 0.391 e. The molecule has 70 valence electrons. The Morgan fingerprint density at radius 2 is 1.92 bits per heavy atom.